The molecule has 0 fully saturated rings. The second-order valence-corrected chi connectivity index (χ2v) is 7.82. The molecule has 2 aromatic rings. The van der Waals surface area contributed by atoms with E-state index >= 15 is 0 Å². The molecular weight excluding hydrogens is 412 g/mol. The van der Waals surface area contributed by atoms with E-state index in [9.17, 15) is 19.2 Å². The minimum Gasteiger partial charge on any atom is -0.494 e. The van der Waals surface area contributed by atoms with Gasteiger partial charge in [-0.2, -0.15) is 0 Å². The Hall–Kier alpha value is -3.68. The molecule has 0 radical (unpaired) electrons. The average Bonchev–Trinajstić information content (AvgIpc) is 3.02. The summed E-state index contributed by atoms with van der Waals surface area (Å²) in [5.74, 6) is -1.27. The van der Waals surface area contributed by atoms with Gasteiger partial charge >= 0.3 is 5.97 Å². The van der Waals surface area contributed by atoms with Crippen LogP contribution < -0.4 is 15.0 Å². The number of benzene rings is 2. The van der Waals surface area contributed by atoms with E-state index in [1.165, 1.54) is 25.1 Å². The molecule has 1 aliphatic heterocycles. The van der Waals surface area contributed by atoms with E-state index in [0.29, 0.717) is 24.6 Å². The highest BCUT2D eigenvalue weighted by atomic mass is 16.5. The Kier molecular flexibility index (Phi) is 6.92. The number of hydrogen-bond donors (Lipinski definition) is 1. The summed E-state index contributed by atoms with van der Waals surface area (Å²) >= 11 is 0. The summed E-state index contributed by atoms with van der Waals surface area (Å²) in [4.78, 5) is 51.4. The predicted molar refractivity (Wildman–Crippen MR) is 118 cm³/mol. The summed E-state index contributed by atoms with van der Waals surface area (Å²) in [5.41, 5.74) is 0.791. The van der Waals surface area contributed by atoms with Crippen molar-refractivity contribution in [3.05, 3.63) is 59.2 Å². The van der Waals surface area contributed by atoms with Gasteiger partial charge in [0.15, 0.2) is 6.10 Å². The molecule has 0 aliphatic carbocycles. The molecule has 0 spiro atoms. The Bertz CT molecular complexity index is 1040. The van der Waals surface area contributed by atoms with Gasteiger partial charge in [-0.3, -0.25) is 14.4 Å². The van der Waals surface area contributed by atoms with Crippen LogP contribution in [-0.2, 0) is 9.53 Å². The van der Waals surface area contributed by atoms with Gasteiger partial charge in [0.25, 0.3) is 17.7 Å². The summed E-state index contributed by atoms with van der Waals surface area (Å²) in [6, 6.07) is 10.8. The first-order valence-corrected chi connectivity index (χ1v) is 10.5. The van der Waals surface area contributed by atoms with Crippen LogP contribution in [0.5, 0.6) is 5.75 Å². The average molecular weight is 438 g/mol. The molecule has 0 aromatic heterocycles. The maximum absolute atomic E-state index is 12.9. The zero-order valence-corrected chi connectivity index (χ0v) is 18.5. The third kappa shape index (κ3) is 4.80. The van der Waals surface area contributed by atoms with Crippen LogP contribution in [0.1, 0.15) is 58.8 Å². The molecule has 2 aromatic carbocycles. The van der Waals surface area contributed by atoms with Gasteiger partial charge in [-0.15, -0.1) is 0 Å². The number of imide groups is 1. The molecule has 1 aliphatic rings. The van der Waals surface area contributed by atoms with E-state index in [2.05, 4.69) is 5.32 Å². The van der Waals surface area contributed by atoms with E-state index in [0.717, 1.165) is 4.90 Å². The zero-order chi connectivity index (χ0) is 23.4. The van der Waals surface area contributed by atoms with E-state index < -0.39 is 29.8 Å². The standard InChI is InChI=1S/C24H26N2O6/c1-5-31-18-9-7-17(8-10-18)26-22(28)19-11-6-16(12-20(19)23(26)29)24(30)32-15(4)21(27)25-13-14(2)3/h6-12,14-15H,5,13H2,1-4H3,(H,25,27). The van der Waals surface area contributed by atoms with E-state index in [-0.39, 0.29) is 22.6 Å². The Morgan fingerprint density at radius 3 is 2.25 bits per heavy atom. The Labute approximate surface area is 186 Å². The van der Waals surface area contributed by atoms with E-state index in [1.54, 1.807) is 24.3 Å². The van der Waals surface area contributed by atoms with Gasteiger partial charge in [-0.1, -0.05) is 13.8 Å². The lowest BCUT2D eigenvalue weighted by Gasteiger charge is -2.15. The Balaban J connectivity index is 1.75. The number of hydrogen-bond acceptors (Lipinski definition) is 6. The summed E-state index contributed by atoms with van der Waals surface area (Å²) in [6.45, 7) is 8.22. The largest absolute Gasteiger partial charge is 0.494 e. The van der Waals surface area contributed by atoms with Crippen molar-refractivity contribution in [2.45, 2.75) is 33.8 Å². The van der Waals surface area contributed by atoms with Crippen molar-refractivity contribution in [1.82, 2.24) is 5.32 Å². The minimum atomic E-state index is -0.993. The smallest absolute Gasteiger partial charge is 0.338 e. The summed E-state index contributed by atoms with van der Waals surface area (Å²) < 4.78 is 10.6. The highest BCUT2D eigenvalue weighted by Crippen LogP contribution is 2.30. The van der Waals surface area contributed by atoms with Crippen molar-refractivity contribution in [3.8, 4) is 5.75 Å². The van der Waals surface area contributed by atoms with Gasteiger partial charge in [-0.05, 0) is 62.2 Å². The first-order valence-electron chi connectivity index (χ1n) is 10.5. The first-order chi connectivity index (χ1) is 15.2. The molecule has 3 rings (SSSR count). The number of esters is 1. The molecular formula is C24H26N2O6. The molecule has 0 saturated carbocycles. The number of nitrogens with one attached hydrogen (secondary N) is 1. The molecule has 8 nitrogen and oxygen atoms in total. The second-order valence-electron chi connectivity index (χ2n) is 7.82. The Morgan fingerprint density at radius 2 is 1.62 bits per heavy atom. The maximum Gasteiger partial charge on any atom is 0.338 e. The lowest BCUT2D eigenvalue weighted by molar-refractivity contribution is -0.129. The number of carbonyl (C=O) groups excluding carboxylic acids is 4. The number of carbonyl (C=O) groups is 4. The van der Waals surface area contributed by atoms with Crippen molar-refractivity contribution in [2.24, 2.45) is 5.92 Å². The number of ether oxygens (including phenoxy) is 2. The van der Waals surface area contributed by atoms with Crippen molar-refractivity contribution >= 4 is 29.4 Å². The highest BCUT2D eigenvalue weighted by Gasteiger charge is 2.37. The SMILES string of the molecule is CCOc1ccc(N2C(=O)c3ccc(C(=O)OC(C)C(=O)NCC(C)C)cc3C2=O)cc1. The monoisotopic (exact) mass is 438 g/mol. The number of rotatable bonds is 8. The van der Waals surface area contributed by atoms with Gasteiger partial charge in [0.2, 0.25) is 0 Å². The van der Waals surface area contributed by atoms with Crippen LogP contribution in [0.25, 0.3) is 0 Å². The minimum absolute atomic E-state index is 0.0851. The lowest BCUT2D eigenvalue weighted by Crippen LogP contribution is -2.37. The fourth-order valence-electron chi connectivity index (χ4n) is 3.19. The fourth-order valence-corrected chi connectivity index (χ4v) is 3.19. The van der Waals surface area contributed by atoms with Crippen molar-refractivity contribution in [2.75, 3.05) is 18.1 Å². The maximum atomic E-state index is 12.9. The molecule has 1 N–H and O–H groups in total. The number of nitrogens with zero attached hydrogens (tertiary/aromatic N) is 1. The van der Waals surface area contributed by atoms with Gasteiger partial charge < -0.3 is 14.8 Å². The number of fused-ring (bicyclic) bond motifs is 1. The molecule has 1 unspecified atom stereocenters. The second kappa shape index (κ2) is 9.64. The quantitative estimate of drug-likeness (QED) is 0.502. The van der Waals surface area contributed by atoms with Crippen LogP contribution in [0, 0.1) is 5.92 Å². The summed E-state index contributed by atoms with van der Waals surface area (Å²) in [6.07, 6.45) is -0.993. The molecule has 1 heterocycles. The van der Waals surface area contributed by atoms with Gasteiger partial charge in [0, 0.05) is 6.54 Å². The molecule has 3 amide bonds. The molecule has 8 heteroatoms. The van der Waals surface area contributed by atoms with Gasteiger partial charge in [0.1, 0.15) is 5.75 Å². The Morgan fingerprint density at radius 1 is 0.969 bits per heavy atom. The summed E-state index contributed by atoms with van der Waals surface area (Å²) in [5, 5.41) is 2.70. The molecule has 1 atom stereocenters. The lowest BCUT2D eigenvalue weighted by atomic mass is 10.1. The molecule has 168 valence electrons. The number of anilines is 1. The third-order valence-corrected chi connectivity index (χ3v) is 4.87. The number of amides is 3. The van der Waals surface area contributed by atoms with Crippen molar-refractivity contribution in [3.63, 3.8) is 0 Å². The van der Waals surface area contributed by atoms with Crippen LogP contribution in [0.2, 0.25) is 0 Å². The van der Waals surface area contributed by atoms with Crippen LogP contribution >= 0.6 is 0 Å². The van der Waals surface area contributed by atoms with E-state index in [1.807, 2.05) is 20.8 Å². The first kappa shape index (κ1) is 23.0. The zero-order valence-electron chi connectivity index (χ0n) is 18.5. The molecule has 0 saturated heterocycles. The molecule has 0 bridgehead atoms. The summed E-state index contributed by atoms with van der Waals surface area (Å²) in [7, 11) is 0. The normalized spacial score (nSPS) is 13.7. The van der Waals surface area contributed by atoms with E-state index in [4.69, 9.17) is 9.47 Å². The van der Waals surface area contributed by atoms with Gasteiger partial charge in [-0.25, -0.2) is 9.69 Å². The van der Waals surface area contributed by atoms with Crippen LogP contribution in [0.3, 0.4) is 0 Å². The fraction of sp³-hybridized carbons (Fsp3) is 0.333. The van der Waals surface area contributed by atoms with Crippen molar-refractivity contribution in [1.29, 1.82) is 0 Å². The van der Waals surface area contributed by atoms with Crippen LogP contribution in [-0.4, -0.2) is 42.9 Å². The molecule has 32 heavy (non-hydrogen) atoms. The van der Waals surface area contributed by atoms with Crippen molar-refractivity contribution < 1.29 is 28.7 Å². The topological polar surface area (TPSA) is 102 Å². The third-order valence-electron chi connectivity index (χ3n) is 4.87. The van der Waals surface area contributed by atoms with Gasteiger partial charge in [0.05, 0.1) is 29.0 Å². The highest BCUT2D eigenvalue weighted by molar-refractivity contribution is 6.34. The van der Waals surface area contributed by atoms with Crippen LogP contribution in [0.15, 0.2) is 42.5 Å². The van der Waals surface area contributed by atoms with Crippen LogP contribution in [0.4, 0.5) is 5.69 Å². The predicted octanol–water partition coefficient (Wildman–Crippen LogP) is 3.20.